The van der Waals surface area contributed by atoms with Gasteiger partial charge in [-0.3, -0.25) is 0 Å². The van der Waals surface area contributed by atoms with Gasteiger partial charge >= 0.3 is 0 Å². The number of benzene rings is 1. The fourth-order valence-corrected chi connectivity index (χ4v) is 3.56. The van der Waals surface area contributed by atoms with Crippen LogP contribution in [0, 0.1) is 0 Å². The Labute approximate surface area is 148 Å². The molecule has 0 aliphatic heterocycles. The molecule has 3 aromatic rings. The first-order chi connectivity index (χ1) is 10.7. The first-order valence-electron chi connectivity index (χ1n) is 7.00. The number of nitrogens with zero attached hydrogens (tertiary/aromatic N) is 3. The van der Waals surface area contributed by atoms with E-state index in [2.05, 4.69) is 15.1 Å². The van der Waals surface area contributed by atoms with Crippen LogP contribution in [0.1, 0.15) is 25.1 Å². The van der Waals surface area contributed by atoms with Crippen molar-refractivity contribution in [3.05, 3.63) is 40.5 Å². The molecule has 1 aromatic carbocycles. The highest BCUT2D eigenvalue weighted by atomic mass is 35.5. The molecule has 0 spiro atoms. The van der Waals surface area contributed by atoms with Gasteiger partial charge in [-0.15, -0.1) is 23.7 Å². The van der Waals surface area contributed by atoms with Gasteiger partial charge in [0, 0.05) is 10.9 Å². The van der Waals surface area contributed by atoms with Gasteiger partial charge in [0.15, 0.2) is 5.82 Å². The van der Waals surface area contributed by atoms with Crippen molar-refractivity contribution in [1.82, 2.24) is 15.1 Å². The minimum absolute atomic E-state index is 0. The van der Waals surface area contributed by atoms with Crippen LogP contribution in [0.5, 0.6) is 0 Å². The van der Waals surface area contributed by atoms with Gasteiger partial charge in [0.2, 0.25) is 0 Å². The summed E-state index contributed by atoms with van der Waals surface area (Å²) < 4.78 is 5.32. The van der Waals surface area contributed by atoms with Crippen LogP contribution >= 0.6 is 35.3 Å². The van der Waals surface area contributed by atoms with Gasteiger partial charge in [-0.2, -0.15) is 4.98 Å². The highest BCUT2D eigenvalue weighted by Crippen LogP contribution is 2.38. The van der Waals surface area contributed by atoms with Gasteiger partial charge in [0.1, 0.15) is 10.7 Å². The highest BCUT2D eigenvalue weighted by Gasteiger charge is 2.39. The molecule has 1 saturated carbocycles. The van der Waals surface area contributed by atoms with Crippen LogP contribution in [0.3, 0.4) is 0 Å². The molecule has 0 unspecified atom stereocenters. The zero-order valence-electron chi connectivity index (χ0n) is 12.0. The molecular weight excluding hydrogens is 355 g/mol. The monoisotopic (exact) mass is 368 g/mol. The maximum absolute atomic E-state index is 6.21. The van der Waals surface area contributed by atoms with Crippen molar-refractivity contribution in [3.63, 3.8) is 0 Å². The van der Waals surface area contributed by atoms with E-state index in [0.29, 0.717) is 22.4 Å². The van der Waals surface area contributed by atoms with Crippen LogP contribution in [0.2, 0.25) is 5.02 Å². The summed E-state index contributed by atoms with van der Waals surface area (Å²) in [5.74, 6) is 0.974. The van der Waals surface area contributed by atoms with Crippen molar-refractivity contribution in [3.8, 4) is 22.2 Å². The summed E-state index contributed by atoms with van der Waals surface area (Å²) in [5.41, 5.74) is 7.34. The van der Waals surface area contributed by atoms with E-state index in [1.807, 2.05) is 29.6 Å². The summed E-state index contributed by atoms with van der Waals surface area (Å²) in [4.78, 5) is 8.96. The van der Waals surface area contributed by atoms with Crippen LogP contribution in [0.15, 0.2) is 34.2 Å². The molecule has 0 radical (unpaired) electrons. The minimum atomic E-state index is -0.427. The number of hydrogen-bond donors (Lipinski definition) is 1. The first kappa shape index (κ1) is 16.4. The zero-order valence-corrected chi connectivity index (χ0v) is 14.4. The molecular formula is C15H14Cl2N4OS. The predicted molar refractivity (Wildman–Crippen MR) is 92.8 cm³/mol. The van der Waals surface area contributed by atoms with Crippen molar-refractivity contribution in [2.45, 2.75) is 24.8 Å². The number of aromatic nitrogens is 3. The van der Waals surface area contributed by atoms with Gasteiger partial charge in [-0.25, -0.2) is 4.98 Å². The van der Waals surface area contributed by atoms with Crippen LogP contribution in [-0.4, -0.2) is 15.1 Å². The van der Waals surface area contributed by atoms with E-state index < -0.39 is 5.54 Å². The predicted octanol–water partition coefficient (Wildman–Crippen LogP) is 4.27. The second-order valence-electron chi connectivity index (χ2n) is 5.45. The smallest absolute Gasteiger partial charge is 0.277 e. The lowest BCUT2D eigenvalue weighted by molar-refractivity contribution is 0.229. The third-order valence-corrected chi connectivity index (χ3v) is 5.15. The molecule has 1 fully saturated rings. The van der Waals surface area contributed by atoms with E-state index in [1.54, 1.807) is 0 Å². The molecule has 5 nitrogen and oxygen atoms in total. The molecule has 1 aliphatic rings. The Balaban J connectivity index is 0.00000156. The Kier molecular flexibility index (Phi) is 4.42. The number of rotatable bonds is 3. The molecule has 120 valence electrons. The molecule has 2 heterocycles. The minimum Gasteiger partial charge on any atom is -0.332 e. The Bertz CT molecular complexity index is 828. The topological polar surface area (TPSA) is 77.8 Å². The lowest BCUT2D eigenvalue weighted by Crippen LogP contribution is -2.44. The SMILES string of the molecule is Cl.NC1(c2noc(-c3csc(-c4ccccc4Cl)n3)n2)CCC1. The van der Waals surface area contributed by atoms with Gasteiger partial charge in [0.25, 0.3) is 5.89 Å². The maximum Gasteiger partial charge on any atom is 0.277 e. The van der Waals surface area contributed by atoms with E-state index in [1.165, 1.54) is 11.3 Å². The molecule has 2 N–H and O–H groups in total. The molecule has 4 rings (SSSR count). The first-order valence-corrected chi connectivity index (χ1v) is 8.25. The summed E-state index contributed by atoms with van der Waals surface area (Å²) in [6.45, 7) is 0. The third-order valence-electron chi connectivity index (χ3n) is 3.94. The van der Waals surface area contributed by atoms with Gasteiger partial charge in [-0.05, 0) is 25.3 Å². The Morgan fingerprint density at radius 3 is 2.70 bits per heavy atom. The highest BCUT2D eigenvalue weighted by molar-refractivity contribution is 7.13. The van der Waals surface area contributed by atoms with Gasteiger partial charge in [-0.1, -0.05) is 35.0 Å². The van der Waals surface area contributed by atoms with Crippen molar-refractivity contribution in [2.24, 2.45) is 5.73 Å². The van der Waals surface area contributed by atoms with E-state index in [4.69, 9.17) is 21.9 Å². The number of nitrogens with two attached hydrogens (primary N) is 1. The second-order valence-corrected chi connectivity index (χ2v) is 6.72. The summed E-state index contributed by atoms with van der Waals surface area (Å²) in [6.07, 6.45) is 2.90. The third kappa shape index (κ3) is 2.87. The molecule has 1 aliphatic carbocycles. The van der Waals surface area contributed by atoms with Crippen LogP contribution in [0.4, 0.5) is 0 Å². The Morgan fingerprint density at radius 2 is 2.00 bits per heavy atom. The molecule has 0 saturated heterocycles. The summed E-state index contributed by atoms with van der Waals surface area (Å²) in [7, 11) is 0. The quantitative estimate of drug-likeness (QED) is 0.746. The summed E-state index contributed by atoms with van der Waals surface area (Å²) in [5, 5.41) is 7.40. The Morgan fingerprint density at radius 1 is 1.22 bits per heavy atom. The van der Waals surface area contributed by atoms with Crippen molar-refractivity contribution in [2.75, 3.05) is 0 Å². The van der Waals surface area contributed by atoms with Crippen LogP contribution in [-0.2, 0) is 5.54 Å². The summed E-state index contributed by atoms with van der Waals surface area (Å²) >= 11 is 7.70. The molecule has 0 bridgehead atoms. The number of thiazole rings is 1. The molecule has 2 aromatic heterocycles. The zero-order chi connectivity index (χ0) is 15.2. The normalized spacial score (nSPS) is 15.7. The number of hydrogen-bond acceptors (Lipinski definition) is 6. The fourth-order valence-electron chi connectivity index (χ4n) is 2.44. The molecule has 0 amide bonds. The second kappa shape index (κ2) is 6.20. The molecule has 8 heteroatoms. The average Bonchev–Trinajstić information content (AvgIpc) is 3.14. The van der Waals surface area contributed by atoms with E-state index >= 15 is 0 Å². The van der Waals surface area contributed by atoms with Gasteiger partial charge < -0.3 is 10.3 Å². The summed E-state index contributed by atoms with van der Waals surface area (Å²) in [6, 6.07) is 7.61. The van der Waals surface area contributed by atoms with Crippen LogP contribution in [0.25, 0.3) is 22.2 Å². The fraction of sp³-hybridized carbons (Fsp3) is 0.267. The molecule has 23 heavy (non-hydrogen) atoms. The van der Waals surface area contributed by atoms with E-state index in [-0.39, 0.29) is 12.4 Å². The average molecular weight is 369 g/mol. The lowest BCUT2D eigenvalue weighted by Gasteiger charge is -2.34. The van der Waals surface area contributed by atoms with Gasteiger partial charge in [0.05, 0.1) is 10.6 Å². The lowest BCUT2D eigenvalue weighted by atomic mass is 9.77. The molecule has 0 atom stereocenters. The van der Waals surface area contributed by atoms with Crippen LogP contribution < -0.4 is 5.73 Å². The standard InChI is InChI=1S/C15H13ClN4OS.ClH/c16-10-5-2-1-4-9(10)13-18-11(8-22-13)12-19-14(20-21-12)15(17)6-3-7-15;/h1-2,4-5,8H,3,6-7,17H2;1H. The maximum atomic E-state index is 6.21. The van der Waals surface area contributed by atoms with Crippen molar-refractivity contribution >= 4 is 35.3 Å². The van der Waals surface area contributed by atoms with E-state index in [0.717, 1.165) is 29.8 Å². The van der Waals surface area contributed by atoms with E-state index in [9.17, 15) is 0 Å². The van der Waals surface area contributed by atoms with Crippen molar-refractivity contribution < 1.29 is 4.52 Å². The largest absolute Gasteiger partial charge is 0.332 e. The number of halogens is 2. The Hall–Kier alpha value is -1.47. The van der Waals surface area contributed by atoms with Crippen molar-refractivity contribution in [1.29, 1.82) is 0 Å².